The third-order valence-corrected chi connectivity index (χ3v) is 14.1. The molecule has 8 aromatic heterocycles. The topological polar surface area (TPSA) is 89.7 Å². The number of para-hydroxylation sites is 4. The predicted octanol–water partition coefficient (Wildman–Crippen LogP) is 15.1. The Kier molecular flexibility index (Phi) is 11.9. The summed E-state index contributed by atoms with van der Waals surface area (Å²) in [6.45, 7) is 0. The maximum Gasteiger partial charge on any atom is 0.0986 e. The molecule has 9 heterocycles. The van der Waals surface area contributed by atoms with Gasteiger partial charge < -0.3 is 0 Å². The van der Waals surface area contributed by atoms with Crippen LogP contribution in [0.5, 0.6) is 0 Å². The van der Waals surface area contributed by atoms with E-state index in [0.29, 0.717) is 0 Å². The van der Waals surface area contributed by atoms with Crippen LogP contribution in [0.1, 0.15) is 10.4 Å². The molecule has 0 unspecified atom stereocenters. The van der Waals surface area contributed by atoms with Crippen LogP contribution in [0.25, 0.3) is 97.9 Å². The first-order valence-electron chi connectivity index (χ1n) is 22.0. The second-order valence-electron chi connectivity index (χ2n) is 16.1. The number of nitrogens with zero attached hydrogens (tertiary/aromatic N) is 7. The molecule has 7 nitrogen and oxygen atoms in total. The molecular formula is C58H37N7OsS2. The number of pyridine rings is 6. The van der Waals surface area contributed by atoms with Crippen molar-refractivity contribution >= 4 is 99.5 Å². The second-order valence-corrected chi connectivity index (χ2v) is 18.1. The summed E-state index contributed by atoms with van der Waals surface area (Å²) in [7, 11) is 0. The minimum Gasteiger partial charge on any atom is -0.254 e. The number of aromatic nitrogens is 6. The number of benzene rings is 5. The fourth-order valence-electron chi connectivity index (χ4n) is 8.58. The molecule has 0 aliphatic carbocycles. The van der Waals surface area contributed by atoms with Gasteiger partial charge in [-0.1, -0.05) is 109 Å². The van der Waals surface area contributed by atoms with Gasteiger partial charge in [0.2, 0.25) is 0 Å². The molecule has 68 heavy (non-hydrogen) atoms. The summed E-state index contributed by atoms with van der Waals surface area (Å²) in [5, 5.41) is 8.97. The molecule has 14 rings (SSSR count). The van der Waals surface area contributed by atoms with E-state index in [9.17, 15) is 0 Å². The van der Waals surface area contributed by atoms with Crippen molar-refractivity contribution in [1.29, 1.82) is 0 Å². The minimum atomic E-state index is 0. The molecule has 0 fully saturated rings. The Morgan fingerprint density at radius 3 is 1.28 bits per heavy atom. The van der Waals surface area contributed by atoms with E-state index in [2.05, 4.69) is 120 Å². The molecule has 10 heteroatoms. The number of rotatable bonds is 4. The van der Waals surface area contributed by atoms with Crippen molar-refractivity contribution < 1.29 is 19.8 Å². The monoisotopic (exact) mass is 1090 g/mol. The van der Waals surface area contributed by atoms with Crippen molar-refractivity contribution in [2.24, 2.45) is 4.99 Å². The molecule has 0 saturated carbocycles. The van der Waals surface area contributed by atoms with Crippen molar-refractivity contribution in [1.82, 2.24) is 29.9 Å². The maximum absolute atomic E-state index is 5.06. The zero-order chi connectivity index (χ0) is 44.5. The molecule has 13 aromatic rings. The van der Waals surface area contributed by atoms with Crippen molar-refractivity contribution in [3.8, 4) is 32.5 Å². The maximum atomic E-state index is 5.06. The summed E-state index contributed by atoms with van der Waals surface area (Å²) in [5.74, 6) is 0. The molecule has 0 radical (unpaired) electrons. The molecule has 0 atom stereocenters. The molecule has 0 saturated heterocycles. The molecule has 0 spiro atoms. The van der Waals surface area contributed by atoms with Gasteiger partial charge in [0.15, 0.2) is 0 Å². The Morgan fingerprint density at radius 2 is 0.809 bits per heavy atom. The van der Waals surface area contributed by atoms with Crippen LogP contribution in [-0.2, 0) is 26.2 Å². The smallest absolute Gasteiger partial charge is 0.0986 e. The van der Waals surface area contributed by atoms with E-state index in [-0.39, 0.29) is 19.8 Å². The summed E-state index contributed by atoms with van der Waals surface area (Å²) in [6.07, 6.45) is 4.51. The first-order chi connectivity index (χ1) is 33.2. The Bertz CT molecular complexity index is 3690. The number of aliphatic imine (C=N–C) groups is 1. The third kappa shape index (κ3) is 8.46. The van der Waals surface area contributed by atoms with Gasteiger partial charge in [0.25, 0.3) is 0 Å². The van der Waals surface area contributed by atoms with Crippen LogP contribution in [0, 0.1) is 0 Å². The zero-order valence-corrected chi connectivity index (χ0v) is 40.4. The van der Waals surface area contributed by atoms with Gasteiger partial charge in [0.05, 0.1) is 67.3 Å². The summed E-state index contributed by atoms with van der Waals surface area (Å²) < 4.78 is 0. The van der Waals surface area contributed by atoms with Crippen LogP contribution >= 0.6 is 22.7 Å². The number of hydrogen-bond donors (Lipinski definition) is 0. The van der Waals surface area contributed by atoms with Gasteiger partial charge in [0, 0.05) is 85.6 Å². The van der Waals surface area contributed by atoms with E-state index in [1.165, 1.54) is 20.2 Å². The van der Waals surface area contributed by atoms with Crippen LogP contribution in [0.15, 0.2) is 217 Å². The third-order valence-electron chi connectivity index (χ3n) is 11.9. The van der Waals surface area contributed by atoms with E-state index in [0.717, 1.165) is 106 Å². The summed E-state index contributed by atoms with van der Waals surface area (Å²) in [6, 6.07) is 65.9. The van der Waals surface area contributed by atoms with Gasteiger partial charge in [-0.2, -0.15) is 0 Å². The molecule has 324 valence electrons. The Hall–Kier alpha value is -7.73. The Morgan fingerprint density at radius 1 is 0.368 bits per heavy atom. The van der Waals surface area contributed by atoms with Gasteiger partial charge in [-0.3, -0.25) is 15.0 Å². The number of hydrogen-bond acceptors (Lipinski definition) is 9. The van der Waals surface area contributed by atoms with Crippen molar-refractivity contribution in [2.45, 2.75) is 6.42 Å². The molecule has 1 aliphatic heterocycles. The summed E-state index contributed by atoms with van der Waals surface area (Å²) in [5.41, 5.74) is 13.0. The predicted molar refractivity (Wildman–Crippen MR) is 280 cm³/mol. The van der Waals surface area contributed by atoms with E-state index in [1.807, 2.05) is 133 Å². The van der Waals surface area contributed by atoms with E-state index in [4.69, 9.17) is 4.99 Å². The van der Waals surface area contributed by atoms with Crippen LogP contribution in [0.3, 0.4) is 0 Å². The normalized spacial score (nSPS) is 11.7. The van der Waals surface area contributed by atoms with E-state index < -0.39 is 0 Å². The van der Waals surface area contributed by atoms with Crippen molar-refractivity contribution in [3.63, 3.8) is 0 Å². The van der Waals surface area contributed by atoms with Crippen LogP contribution in [0.2, 0.25) is 0 Å². The van der Waals surface area contributed by atoms with Crippen molar-refractivity contribution in [3.05, 3.63) is 222 Å². The molecule has 5 aromatic carbocycles. The van der Waals surface area contributed by atoms with Crippen molar-refractivity contribution in [2.75, 3.05) is 0 Å². The van der Waals surface area contributed by atoms with Gasteiger partial charge >= 0.3 is 0 Å². The number of thiophene rings is 2. The quantitative estimate of drug-likeness (QED) is 0.163. The average molecular weight is 1090 g/mol. The van der Waals surface area contributed by atoms with E-state index in [1.54, 1.807) is 11.3 Å². The Balaban J connectivity index is 0.000000113. The molecule has 0 bridgehead atoms. The molecular weight excluding hydrogens is 1050 g/mol. The fourth-order valence-corrected chi connectivity index (χ4v) is 10.4. The van der Waals surface area contributed by atoms with Crippen LogP contribution in [-0.4, -0.2) is 35.6 Å². The fraction of sp³-hybridized carbons (Fsp3) is 0.0172. The first kappa shape index (κ1) is 42.9. The summed E-state index contributed by atoms with van der Waals surface area (Å²) >= 11 is 3.59. The summed E-state index contributed by atoms with van der Waals surface area (Å²) in [4.78, 5) is 36.9. The first-order valence-corrected chi connectivity index (χ1v) is 23.7. The van der Waals surface area contributed by atoms with Gasteiger partial charge in [-0.25, -0.2) is 19.9 Å². The standard InChI is InChI=1S/C22H13N3S2.2C18H12N2.Os/c1-4-13-15-12-16(17-7-8-19(27-17)18-6-3-11-26-18)25-20(15)14-5-2-10-24-22(14)21(13)23-9-1;2*1-3-7-15-13(5-1)9-11-17(19-15)18-12-10-14-6-2-4-8-16(14)20-18;/h1-11H,12H2;2*1-12H;. The van der Waals surface area contributed by atoms with Gasteiger partial charge in [-0.05, 0) is 95.9 Å². The number of fused-ring (bicyclic) bond motifs is 10. The molecule has 0 amide bonds. The largest absolute Gasteiger partial charge is 0.254 e. The minimum absolute atomic E-state index is 0. The van der Waals surface area contributed by atoms with Crippen LogP contribution in [0.4, 0.5) is 5.69 Å². The Labute approximate surface area is 412 Å². The SMILES string of the molecule is [Os].c1ccc2nc(-c3ccc4ccccc4n3)ccc2c1.c1ccc2nc(-c3ccc4ccccc4n3)ccc2c1.c1csc(-c2ccc(C3=Nc4c(c5cccnc5c5ncccc45)C3)s2)c1. The molecule has 0 N–H and O–H groups in total. The average Bonchev–Trinajstić information content (AvgIpc) is 4.22. The van der Waals surface area contributed by atoms with Gasteiger partial charge in [0.1, 0.15) is 0 Å². The van der Waals surface area contributed by atoms with Crippen LogP contribution < -0.4 is 0 Å². The van der Waals surface area contributed by atoms with Gasteiger partial charge in [-0.15, -0.1) is 22.7 Å². The van der Waals surface area contributed by atoms with E-state index >= 15 is 0 Å². The second kappa shape index (κ2) is 18.9. The molecule has 1 aliphatic rings. The zero-order valence-electron chi connectivity index (χ0n) is 36.2.